The highest BCUT2D eigenvalue weighted by Crippen LogP contribution is 2.39. The molecule has 4 rings (SSSR count). The molecule has 3 aromatic carbocycles. The van der Waals surface area contributed by atoms with Crippen LogP contribution in [0.2, 0.25) is 0 Å². The normalized spacial score (nSPS) is 12.8. The molecule has 0 fully saturated rings. The fourth-order valence-electron chi connectivity index (χ4n) is 4.61. The molecule has 0 saturated carbocycles. The molecule has 3 aromatic rings. The first kappa shape index (κ1) is 22.8. The van der Waals surface area contributed by atoms with E-state index in [2.05, 4.69) is 58.0 Å². The Labute approximate surface area is 196 Å². The Bertz CT molecular complexity index is 1330. The largest absolute Gasteiger partial charge is 0.462 e. The number of esters is 1. The highest BCUT2D eigenvalue weighted by Gasteiger charge is 2.25. The zero-order chi connectivity index (χ0) is 23.5. The summed E-state index contributed by atoms with van der Waals surface area (Å²) in [5, 5.41) is 2.19. The number of ether oxygens (including phenoxy) is 2. The molecule has 3 nitrogen and oxygen atoms in total. The number of benzene rings is 3. The van der Waals surface area contributed by atoms with Gasteiger partial charge in [0.25, 0.3) is 0 Å². The number of rotatable bonds is 6. The number of aryl methyl sites for hydroxylation is 3. The molecule has 0 aliphatic carbocycles. The third-order valence-corrected chi connectivity index (χ3v) is 6.20. The molecule has 0 unspecified atom stereocenters. The van der Waals surface area contributed by atoms with E-state index in [-0.39, 0.29) is 5.97 Å². The van der Waals surface area contributed by atoms with Gasteiger partial charge in [-0.3, -0.25) is 0 Å². The van der Waals surface area contributed by atoms with E-state index >= 15 is 0 Å². The Morgan fingerprint density at radius 2 is 1.73 bits per heavy atom. The minimum absolute atomic E-state index is 0.304. The molecule has 1 aliphatic heterocycles. The number of fused-ring (bicyclic) bond motifs is 2. The van der Waals surface area contributed by atoms with Gasteiger partial charge in [0, 0.05) is 16.4 Å². The predicted octanol–water partition coefficient (Wildman–Crippen LogP) is 5.98. The summed E-state index contributed by atoms with van der Waals surface area (Å²) in [6, 6.07) is 16.4. The van der Waals surface area contributed by atoms with Gasteiger partial charge in [-0.25, -0.2) is 4.79 Å². The second-order valence-corrected chi connectivity index (χ2v) is 8.59. The van der Waals surface area contributed by atoms with Crippen LogP contribution < -0.4 is 15.2 Å². The zero-order valence-electron chi connectivity index (χ0n) is 20.2. The van der Waals surface area contributed by atoms with Crippen molar-refractivity contribution in [2.75, 3.05) is 6.61 Å². The predicted molar refractivity (Wildman–Crippen MR) is 134 cm³/mol. The van der Waals surface area contributed by atoms with Gasteiger partial charge in [0.05, 0.1) is 12.2 Å². The van der Waals surface area contributed by atoms with Crippen molar-refractivity contribution < 1.29 is 14.3 Å². The maximum Gasteiger partial charge on any atom is 0.338 e. The number of hydrogen-bond donors (Lipinski definition) is 0. The molecule has 1 heterocycles. The van der Waals surface area contributed by atoms with Crippen molar-refractivity contribution in [2.45, 2.75) is 53.9 Å². The topological polar surface area (TPSA) is 35.5 Å². The van der Waals surface area contributed by atoms with E-state index in [1.807, 2.05) is 31.2 Å². The standard InChI is InChI=1S/C30H32O3/c1-6-11-21-17-27-25(15-19(21)4)29(23-13-9-10-14-24(23)30(31)32-8-3)26-16-20(5)22(12-7-2)18-28(26)33-27/h9-11,13-18H,6-8,12H2,1-5H3/b21-11-. The van der Waals surface area contributed by atoms with Gasteiger partial charge < -0.3 is 9.47 Å². The first-order valence-electron chi connectivity index (χ1n) is 11.9. The lowest BCUT2D eigenvalue weighted by molar-refractivity contribution is 0.0526. The second-order valence-electron chi connectivity index (χ2n) is 8.59. The Balaban J connectivity index is 2.10. The second kappa shape index (κ2) is 9.66. The summed E-state index contributed by atoms with van der Waals surface area (Å²) in [7, 11) is 0. The van der Waals surface area contributed by atoms with Crippen LogP contribution in [0.1, 0.15) is 71.8 Å². The molecule has 0 saturated heterocycles. The van der Waals surface area contributed by atoms with Crippen LogP contribution in [-0.4, -0.2) is 12.6 Å². The molecule has 3 heteroatoms. The van der Waals surface area contributed by atoms with Crippen molar-refractivity contribution in [3.63, 3.8) is 0 Å². The van der Waals surface area contributed by atoms with E-state index in [1.165, 1.54) is 21.9 Å². The minimum Gasteiger partial charge on any atom is -0.462 e. The van der Waals surface area contributed by atoms with Crippen LogP contribution in [0.5, 0.6) is 11.5 Å². The molecule has 0 aromatic heterocycles. The van der Waals surface area contributed by atoms with E-state index in [0.29, 0.717) is 12.2 Å². The van der Waals surface area contributed by atoms with Gasteiger partial charge in [-0.1, -0.05) is 44.5 Å². The van der Waals surface area contributed by atoms with Crippen molar-refractivity contribution in [1.82, 2.24) is 0 Å². The van der Waals surface area contributed by atoms with Gasteiger partial charge in [-0.2, -0.15) is 0 Å². The van der Waals surface area contributed by atoms with Crippen LogP contribution in [0.3, 0.4) is 0 Å². The van der Waals surface area contributed by atoms with Gasteiger partial charge in [0.1, 0.15) is 11.5 Å². The molecule has 0 atom stereocenters. The molecule has 0 spiro atoms. The van der Waals surface area contributed by atoms with Gasteiger partial charge in [-0.15, -0.1) is 0 Å². The number of carbonyl (C=O) groups is 1. The highest BCUT2D eigenvalue weighted by atomic mass is 16.5. The molecular weight excluding hydrogens is 408 g/mol. The molecule has 0 N–H and O–H groups in total. The monoisotopic (exact) mass is 440 g/mol. The summed E-state index contributed by atoms with van der Waals surface area (Å²) in [5.74, 6) is 1.37. The lowest BCUT2D eigenvalue weighted by Gasteiger charge is -2.24. The van der Waals surface area contributed by atoms with E-state index in [9.17, 15) is 4.79 Å². The Morgan fingerprint density at radius 1 is 0.939 bits per heavy atom. The van der Waals surface area contributed by atoms with Crippen molar-refractivity contribution in [2.24, 2.45) is 0 Å². The van der Waals surface area contributed by atoms with Gasteiger partial charge >= 0.3 is 5.97 Å². The van der Waals surface area contributed by atoms with Crippen LogP contribution in [0.15, 0.2) is 48.5 Å². The Hall–Kier alpha value is -3.33. The minimum atomic E-state index is -0.304. The Morgan fingerprint density at radius 3 is 2.45 bits per heavy atom. The zero-order valence-corrected chi connectivity index (χ0v) is 20.2. The van der Waals surface area contributed by atoms with E-state index < -0.39 is 0 Å². The third-order valence-electron chi connectivity index (χ3n) is 6.20. The average Bonchev–Trinajstić information content (AvgIpc) is 2.80. The summed E-state index contributed by atoms with van der Waals surface area (Å²) in [5.41, 5.74) is 7.21. The fourth-order valence-corrected chi connectivity index (χ4v) is 4.61. The average molecular weight is 441 g/mol. The van der Waals surface area contributed by atoms with E-state index in [0.717, 1.165) is 52.7 Å². The summed E-state index contributed by atoms with van der Waals surface area (Å²) < 4.78 is 11.9. The summed E-state index contributed by atoms with van der Waals surface area (Å²) in [4.78, 5) is 12.9. The quantitative estimate of drug-likeness (QED) is 0.346. The number of carbonyl (C=O) groups excluding carboxylic acids is 1. The molecule has 33 heavy (non-hydrogen) atoms. The van der Waals surface area contributed by atoms with E-state index in [1.54, 1.807) is 0 Å². The molecule has 170 valence electrons. The van der Waals surface area contributed by atoms with Crippen molar-refractivity contribution in [1.29, 1.82) is 0 Å². The van der Waals surface area contributed by atoms with Crippen LogP contribution >= 0.6 is 0 Å². The molecule has 1 aliphatic rings. The first-order valence-corrected chi connectivity index (χ1v) is 11.9. The smallest absolute Gasteiger partial charge is 0.338 e. The van der Waals surface area contributed by atoms with Gasteiger partial charge in [0.15, 0.2) is 0 Å². The van der Waals surface area contributed by atoms with E-state index in [4.69, 9.17) is 9.47 Å². The summed E-state index contributed by atoms with van der Waals surface area (Å²) in [6.45, 7) is 10.8. The summed E-state index contributed by atoms with van der Waals surface area (Å²) >= 11 is 0. The van der Waals surface area contributed by atoms with Crippen LogP contribution in [0.25, 0.3) is 11.6 Å². The maximum atomic E-state index is 12.9. The van der Waals surface area contributed by atoms with Crippen LogP contribution in [0.4, 0.5) is 0 Å². The van der Waals surface area contributed by atoms with Crippen molar-refractivity contribution in [3.8, 4) is 11.5 Å². The van der Waals surface area contributed by atoms with Crippen molar-refractivity contribution >= 4 is 17.6 Å². The van der Waals surface area contributed by atoms with Crippen LogP contribution in [0, 0.1) is 13.8 Å². The molecule has 0 radical (unpaired) electrons. The molecule has 0 bridgehead atoms. The highest BCUT2D eigenvalue weighted by molar-refractivity contribution is 5.99. The third kappa shape index (κ3) is 4.32. The number of hydrogen-bond acceptors (Lipinski definition) is 3. The SMILES string of the molecule is CC/C=c1/cc2c(cc1C)=C(c1ccccc1C(=O)OCC)c1cc(C)c(CCC)cc1O2. The molecule has 0 amide bonds. The Kier molecular flexibility index (Phi) is 6.69. The first-order chi connectivity index (χ1) is 16.0. The van der Waals surface area contributed by atoms with Gasteiger partial charge in [-0.05, 0) is 91.4 Å². The van der Waals surface area contributed by atoms with Gasteiger partial charge in [0.2, 0.25) is 0 Å². The lowest BCUT2D eigenvalue weighted by atomic mass is 9.87. The maximum absolute atomic E-state index is 12.9. The lowest BCUT2D eigenvalue weighted by Crippen LogP contribution is -2.23. The summed E-state index contributed by atoms with van der Waals surface area (Å²) in [6.07, 6.45) is 5.26. The van der Waals surface area contributed by atoms with Crippen LogP contribution in [-0.2, 0) is 11.2 Å². The molecular formula is C30H32O3. The fraction of sp³-hybridized carbons (Fsp3) is 0.300. The van der Waals surface area contributed by atoms with Crippen molar-refractivity contribution in [3.05, 3.63) is 92.3 Å².